The zero-order chi connectivity index (χ0) is 47.1. The van der Waals surface area contributed by atoms with Crippen LogP contribution in [0.25, 0.3) is 67.2 Å². The van der Waals surface area contributed by atoms with Crippen molar-refractivity contribution in [3.63, 3.8) is 0 Å². The Kier molecular flexibility index (Phi) is 12.9. The first-order valence-corrected chi connectivity index (χ1v) is 20.5. The van der Waals surface area contributed by atoms with Crippen molar-refractivity contribution in [2.45, 2.75) is 32.0 Å². The fourth-order valence-corrected chi connectivity index (χ4v) is 7.00. The topological polar surface area (TPSA) is 230 Å². The molecule has 342 valence electrons. The standard InChI is InChI=1S/C23H19F2N7O3.C23H17F2N7O/c24-20(25)22-31-30-21(35-22)14-8-26-23(27-9-14)29-15-6-17(13-4-2-1-3-5-13)19-18(7-15)32(12-28-19)10-16(34)11-33;1-2-8-32-13-28-19-17(14-6-4-3-5-7-14)9-16(10-18(19)32)29-23-26-11-15(12-27-23)21-30-31-22(33-21)20(24)25/h1-9,12,16,20,33-34H,10-11H2,(H,26,27,29);2-7,9-13,20H,1,8H2,(H,26,27,29). The van der Waals surface area contributed by atoms with Crippen molar-refractivity contribution in [1.82, 2.24) is 59.4 Å². The molecular weight excluding hydrogens is 889 g/mol. The molecule has 1 atom stereocenters. The smallest absolute Gasteiger partial charge is 0.314 e. The molecule has 0 aliphatic carbocycles. The van der Waals surface area contributed by atoms with Crippen LogP contribution >= 0.6 is 0 Å². The first-order chi connectivity index (χ1) is 33.1. The van der Waals surface area contributed by atoms with Gasteiger partial charge >= 0.3 is 12.9 Å². The highest BCUT2D eigenvalue weighted by Crippen LogP contribution is 2.34. The average molecular weight is 925 g/mol. The van der Waals surface area contributed by atoms with E-state index in [4.69, 9.17) is 8.83 Å². The second kappa shape index (κ2) is 19.8. The van der Waals surface area contributed by atoms with Crippen molar-refractivity contribution in [3.05, 3.63) is 147 Å². The van der Waals surface area contributed by atoms with Gasteiger partial charge in [0.05, 0.1) is 65.1 Å². The van der Waals surface area contributed by atoms with E-state index in [9.17, 15) is 27.8 Å². The van der Waals surface area contributed by atoms with E-state index in [0.717, 1.165) is 50.0 Å². The molecule has 6 aromatic heterocycles. The molecule has 22 heteroatoms. The number of nitrogens with one attached hydrogen (secondary N) is 2. The van der Waals surface area contributed by atoms with Gasteiger partial charge < -0.3 is 38.8 Å². The molecule has 0 bridgehead atoms. The molecule has 0 fully saturated rings. The zero-order valence-corrected chi connectivity index (χ0v) is 35.3. The van der Waals surface area contributed by atoms with Gasteiger partial charge in [0.25, 0.3) is 23.6 Å². The molecule has 0 amide bonds. The van der Waals surface area contributed by atoms with Gasteiger partial charge in [0, 0.05) is 53.8 Å². The van der Waals surface area contributed by atoms with Gasteiger partial charge in [-0.3, -0.25) is 0 Å². The minimum Gasteiger partial charge on any atom is -0.415 e. The molecule has 4 N–H and O–H groups in total. The lowest BCUT2D eigenvalue weighted by Gasteiger charge is -2.12. The number of allylic oxidation sites excluding steroid dienone is 1. The van der Waals surface area contributed by atoms with Gasteiger partial charge in [0.15, 0.2) is 0 Å². The van der Waals surface area contributed by atoms with Gasteiger partial charge in [-0.15, -0.1) is 27.0 Å². The van der Waals surface area contributed by atoms with E-state index in [1.165, 1.54) is 24.8 Å². The number of aliphatic hydroxyl groups is 2. The van der Waals surface area contributed by atoms with Gasteiger partial charge in [0.2, 0.25) is 11.9 Å². The number of aromatic nitrogens is 12. The number of hydrogen-bond donors (Lipinski definition) is 4. The predicted molar refractivity (Wildman–Crippen MR) is 241 cm³/mol. The van der Waals surface area contributed by atoms with E-state index in [1.54, 1.807) is 17.2 Å². The second-order valence-corrected chi connectivity index (χ2v) is 14.8. The van der Waals surface area contributed by atoms with E-state index < -0.39 is 30.7 Å². The Hall–Kier alpha value is -8.76. The lowest BCUT2D eigenvalue weighted by Crippen LogP contribution is -2.19. The summed E-state index contributed by atoms with van der Waals surface area (Å²) in [6.45, 7) is 4.22. The van der Waals surface area contributed by atoms with Gasteiger partial charge in [-0.2, -0.15) is 17.6 Å². The number of alkyl halides is 4. The molecule has 0 saturated heterocycles. The lowest BCUT2D eigenvalue weighted by molar-refractivity contribution is 0.0821. The van der Waals surface area contributed by atoms with Gasteiger partial charge in [-0.05, 0) is 35.4 Å². The first-order valence-electron chi connectivity index (χ1n) is 20.5. The minimum absolute atomic E-state index is 0.0713. The highest BCUT2D eigenvalue weighted by molar-refractivity contribution is 5.96. The van der Waals surface area contributed by atoms with E-state index in [1.807, 2.05) is 95.6 Å². The van der Waals surface area contributed by atoms with Crippen LogP contribution in [0.5, 0.6) is 0 Å². The highest BCUT2D eigenvalue weighted by Gasteiger charge is 2.20. The van der Waals surface area contributed by atoms with E-state index >= 15 is 0 Å². The largest absolute Gasteiger partial charge is 0.415 e. The Balaban J connectivity index is 0.000000170. The molecular formula is C46H36F4N14O4. The summed E-state index contributed by atoms with van der Waals surface area (Å²) in [6.07, 6.45) is 4.20. The SMILES string of the molecule is C=CCn1cnc2c(-c3ccccc3)cc(Nc3ncc(-c4nnc(C(F)F)o4)cn3)cc21.OCC(O)Cn1cnc2c(-c3ccccc3)cc(Nc3ncc(-c4nnc(C(F)F)o4)cn3)cc21. The summed E-state index contributed by atoms with van der Waals surface area (Å²) in [4.78, 5) is 26.1. The number of rotatable bonds is 15. The maximum absolute atomic E-state index is 12.7. The quantitative estimate of drug-likeness (QED) is 0.0555. The monoisotopic (exact) mass is 924 g/mol. The summed E-state index contributed by atoms with van der Waals surface area (Å²) in [5.41, 5.74) is 9.10. The Morgan fingerprint density at radius 2 is 1.03 bits per heavy atom. The molecule has 0 saturated carbocycles. The average Bonchev–Trinajstić information content (AvgIpc) is 4.21. The van der Waals surface area contributed by atoms with Gasteiger partial charge in [0.1, 0.15) is 0 Å². The van der Waals surface area contributed by atoms with Crippen LogP contribution in [0.2, 0.25) is 0 Å². The lowest BCUT2D eigenvalue weighted by atomic mass is 10.0. The third-order valence-corrected chi connectivity index (χ3v) is 10.1. The molecule has 18 nitrogen and oxygen atoms in total. The van der Waals surface area contributed by atoms with Crippen molar-refractivity contribution < 1.29 is 36.6 Å². The molecule has 68 heavy (non-hydrogen) atoms. The van der Waals surface area contributed by atoms with Crippen LogP contribution < -0.4 is 10.6 Å². The summed E-state index contributed by atoms with van der Waals surface area (Å²) in [5.74, 6) is -1.12. The summed E-state index contributed by atoms with van der Waals surface area (Å²) >= 11 is 0. The van der Waals surface area contributed by atoms with Crippen LogP contribution in [0, 0.1) is 0 Å². The van der Waals surface area contributed by atoms with Crippen molar-refractivity contribution in [2.75, 3.05) is 17.2 Å². The number of imidazole rings is 2. The number of anilines is 4. The van der Waals surface area contributed by atoms with Crippen LogP contribution in [0.15, 0.2) is 144 Å². The summed E-state index contributed by atoms with van der Waals surface area (Å²) in [6, 6.07) is 27.3. The van der Waals surface area contributed by atoms with Crippen molar-refractivity contribution >= 4 is 45.3 Å². The predicted octanol–water partition coefficient (Wildman–Crippen LogP) is 8.99. The number of hydrogen-bond acceptors (Lipinski definition) is 16. The van der Waals surface area contributed by atoms with E-state index in [0.29, 0.717) is 29.3 Å². The molecule has 1 unspecified atom stereocenters. The van der Waals surface area contributed by atoms with Crippen molar-refractivity contribution in [2.24, 2.45) is 0 Å². The van der Waals surface area contributed by atoms with E-state index in [2.05, 4.69) is 67.5 Å². The summed E-state index contributed by atoms with van der Waals surface area (Å²) in [7, 11) is 0. The van der Waals surface area contributed by atoms with Gasteiger partial charge in [-0.1, -0.05) is 66.7 Å². The summed E-state index contributed by atoms with van der Waals surface area (Å²) in [5, 5.41) is 39.3. The summed E-state index contributed by atoms with van der Waals surface area (Å²) < 4.78 is 64.4. The zero-order valence-electron chi connectivity index (χ0n) is 35.3. The number of aliphatic hydroxyl groups excluding tert-OH is 2. The maximum atomic E-state index is 12.7. The molecule has 10 rings (SSSR count). The Bertz CT molecular complexity index is 3290. The third kappa shape index (κ3) is 9.75. The molecule has 4 aromatic carbocycles. The highest BCUT2D eigenvalue weighted by atomic mass is 19.3. The van der Waals surface area contributed by atoms with Crippen molar-refractivity contribution in [3.8, 4) is 45.2 Å². The van der Waals surface area contributed by atoms with Crippen LogP contribution in [0.1, 0.15) is 24.6 Å². The van der Waals surface area contributed by atoms with Crippen molar-refractivity contribution in [1.29, 1.82) is 0 Å². The molecule has 0 aliphatic heterocycles. The van der Waals surface area contributed by atoms with Gasteiger partial charge in [-0.25, -0.2) is 29.9 Å². The maximum Gasteiger partial charge on any atom is 0.314 e. The number of nitrogens with zero attached hydrogens (tertiary/aromatic N) is 12. The fourth-order valence-electron chi connectivity index (χ4n) is 7.00. The second-order valence-electron chi connectivity index (χ2n) is 14.8. The molecule has 0 radical (unpaired) electrons. The van der Waals surface area contributed by atoms with Crippen LogP contribution in [0.3, 0.4) is 0 Å². The normalized spacial score (nSPS) is 11.8. The third-order valence-electron chi connectivity index (χ3n) is 10.1. The fraction of sp³-hybridized carbons (Fsp3) is 0.130. The Morgan fingerprint density at radius 1 is 0.588 bits per heavy atom. The molecule has 10 aromatic rings. The Morgan fingerprint density at radius 3 is 1.44 bits per heavy atom. The van der Waals surface area contributed by atoms with Crippen LogP contribution in [-0.2, 0) is 13.1 Å². The number of halogens is 4. The Labute approximate surface area is 381 Å². The van der Waals surface area contributed by atoms with Crippen LogP contribution in [0.4, 0.5) is 40.8 Å². The molecule has 0 aliphatic rings. The minimum atomic E-state index is -2.86. The van der Waals surface area contributed by atoms with E-state index in [-0.39, 0.29) is 30.9 Å². The molecule has 6 heterocycles. The number of fused-ring (bicyclic) bond motifs is 2. The van der Waals surface area contributed by atoms with Crippen LogP contribution in [-0.4, -0.2) is 82.4 Å². The number of benzene rings is 4. The first kappa shape index (κ1) is 44.4. The molecule has 0 spiro atoms.